The van der Waals surface area contributed by atoms with Crippen molar-refractivity contribution < 1.29 is 18.0 Å². The largest absolute Gasteiger partial charge is 0.365 e. The Morgan fingerprint density at radius 3 is 2.70 bits per heavy atom. The minimum atomic E-state index is -0.848. The monoisotopic (exact) mass is 659 g/mol. The van der Waals surface area contributed by atoms with Gasteiger partial charge in [0.05, 0.1) is 6.20 Å². The van der Waals surface area contributed by atoms with E-state index in [1.807, 2.05) is 40.4 Å². The lowest BCUT2D eigenvalue weighted by Gasteiger charge is -2.30. The molecule has 5 rings (SSSR count). The Balaban J connectivity index is 0.00000156. The van der Waals surface area contributed by atoms with Crippen molar-refractivity contribution in [2.75, 3.05) is 5.32 Å². The van der Waals surface area contributed by atoms with E-state index in [0.717, 1.165) is 31.5 Å². The number of nitrogens with one attached hydrogen (secondary N) is 2. The van der Waals surface area contributed by atoms with E-state index >= 15 is 0 Å². The fraction of sp³-hybridized carbons (Fsp3) is 0.320. The van der Waals surface area contributed by atoms with Crippen LogP contribution in [0.1, 0.15) is 49.9 Å². The van der Waals surface area contributed by atoms with Crippen LogP contribution < -0.4 is 10.6 Å². The van der Waals surface area contributed by atoms with Gasteiger partial charge in [-0.05, 0) is 43.2 Å². The van der Waals surface area contributed by atoms with Crippen molar-refractivity contribution in [1.82, 2.24) is 19.3 Å². The molecule has 2 N–H and O–H groups in total. The first-order chi connectivity index (χ1) is 17.9. The van der Waals surface area contributed by atoms with Crippen molar-refractivity contribution in [1.29, 1.82) is 0 Å². The molecule has 0 saturated heterocycles. The molecule has 12 heteroatoms. The summed E-state index contributed by atoms with van der Waals surface area (Å²) in [6.45, 7) is 4.00. The molecule has 1 saturated carbocycles. The third-order valence-corrected chi connectivity index (χ3v) is 8.35. The second-order valence-corrected chi connectivity index (χ2v) is 10.8. The van der Waals surface area contributed by atoms with Crippen LogP contribution in [-0.4, -0.2) is 31.9 Å². The third kappa shape index (κ3) is 6.23. The molecule has 0 bridgehead atoms. The van der Waals surface area contributed by atoms with Crippen LogP contribution in [0.25, 0.3) is 22.3 Å². The molecular formula is C25H25F3IN5OS2. The molecule has 37 heavy (non-hydrogen) atoms. The Hall–Kier alpha value is -2.32. The fourth-order valence-electron chi connectivity index (χ4n) is 4.36. The topological polar surface area (TPSA) is 71.8 Å². The molecule has 1 aliphatic rings. The summed E-state index contributed by atoms with van der Waals surface area (Å²) in [5, 5.41) is 10.2. The van der Waals surface area contributed by atoms with E-state index in [0.29, 0.717) is 28.6 Å². The minimum Gasteiger partial charge on any atom is -0.365 e. The predicted molar refractivity (Wildman–Crippen MR) is 153 cm³/mol. The number of anilines is 1. The zero-order valence-corrected chi connectivity index (χ0v) is 23.9. The minimum absolute atomic E-state index is 0.0654. The first kappa shape index (κ1) is 27.7. The average Bonchev–Trinajstić information content (AvgIpc) is 3.56. The lowest BCUT2D eigenvalue weighted by Crippen LogP contribution is -2.41. The molecule has 0 aliphatic heterocycles. The molecule has 6 nitrogen and oxygen atoms in total. The quantitative estimate of drug-likeness (QED) is 0.209. The van der Waals surface area contributed by atoms with Gasteiger partial charge < -0.3 is 10.6 Å². The maximum atomic E-state index is 14.9. The highest BCUT2D eigenvalue weighted by Crippen LogP contribution is 2.36. The van der Waals surface area contributed by atoms with Gasteiger partial charge in [0, 0.05) is 76.6 Å². The number of thiophene rings is 1. The van der Waals surface area contributed by atoms with Gasteiger partial charge in [0.2, 0.25) is 0 Å². The molecule has 2 atom stereocenters. The number of aromatic nitrogens is 3. The lowest BCUT2D eigenvalue weighted by molar-refractivity contribution is 0.0927. The number of nitrogens with zero attached hydrogens (tertiary/aromatic N) is 3. The molecule has 1 fully saturated rings. The highest BCUT2D eigenvalue weighted by atomic mass is 127. The SMILES string of the molecule is CC.O=C(NC1CCCC(Nc2nc(-c3cn(SI)c4ncc(F)cc34)c(F)cc2F)C1)c1ccsc1. The van der Waals surface area contributed by atoms with Crippen LogP contribution in [0.3, 0.4) is 0 Å². The van der Waals surface area contributed by atoms with E-state index in [4.69, 9.17) is 0 Å². The second kappa shape index (κ2) is 12.5. The summed E-state index contributed by atoms with van der Waals surface area (Å²) in [4.78, 5) is 20.8. The number of hydrogen-bond donors (Lipinski definition) is 2. The van der Waals surface area contributed by atoms with E-state index in [-0.39, 0.29) is 29.5 Å². The Morgan fingerprint density at radius 2 is 1.97 bits per heavy atom. The van der Waals surface area contributed by atoms with Crippen LogP contribution in [0.4, 0.5) is 19.0 Å². The van der Waals surface area contributed by atoms with Gasteiger partial charge in [-0.3, -0.25) is 8.77 Å². The summed E-state index contributed by atoms with van der Waals surface area (Å²) in [5.74, 6) is -2.43. The molecule has 1 amide bonds. The van der Waals surface area contributed by atoms with Gasteiger partial charge in [0.25, 0.3) is 5.91 Å². The number of amides is 1. The smallest absolute Gasteiger partial charge is 0.252 e. The fourth-order valence-corrected chi connectivity index (χ4v) is 6.25. The highest BCUT2D eigenvalue weighted by Gasteiger charge is 2.26. The van der Waals surface area contributed by atoms with Crippen molar-refractivity contribution in [3.63, 3.8) is 0 Å². The summed E-state index contributed by atoms with van der Waals surface area (Å²) >= 11 is 3.50. The predicted octanol–water partition coefficient (Wildman–Crippen LogP) is 7.60. The maximum Gasteiger partial charge on any atom is 0.252 e. The van der Waals surface area contributed by atoms with Gasteiger partial charge >= 0.3 is 0 Å². The first-order valence-electron chi connectivity index (χ1n) is 11.8. The number of rotatable bonds is 6. The van der Waals surface area contributed by atoms with Crippen LogP contribution in [0.2, 0.25) is 0 Å². The number of pyridine rings is 2. The van der Waals surface area contributed by atoms with E-state index < -0.39 is 17.5 Å². The van der Waals surface area contributed by atoms with Gasteiger partial charge in [-0.1, -0.05) is 13.8 Å². The Morgan fingerprint density at radius 1 is 1.19 bits per heavy atom. The molecule has 4 aromatic rings. The van der Waals surface area contributed by atoms with E-state index in [9.17, 15) is 18.0 Å². The third-order valence-electron chi connectivity index (χ3n) is 5.97. The van der Waals surface area contributed by atoms with E-state index in [2.05, 4.69) is 20.6 Å². The number of halogens is 4. The molecule has 0 spiro atoms. The summed E-state index contributed by atoms with van der Waals surface area (Å²) in [6.07, 6.45) is 5.71. The molecule has 0 radical (unpaired) electrons. The van der Waals surface area contributed by atoms with Gasteiger partial charge in [0.1, 0.15) is 11.5 Å². The standard InChI is InChI=1S/C23H19F3IN5OS2.C2H6/c24-13-6-16-17(10-32(35-27)22(16)28-9-13)20-18(25)8-19(26)21(31-20)29-14-2-1-3-15(7-14)30-23(33)12-4-5-34-11-12;1-2/h4-6,8-11,14-15H,1-3,7H2,(H,29,31)(H,30,33);1-2H3. The van der Waals surface area contributed by atoms with Crippen molar-refractivity contribution in [2.45, 2.75) is 51.6 Å². The number of hydrogen-bond acceptors (Lipinski definition) is 6. The highest BCUT2D eigenvalue weighted by molar-refractivity contribution is 14.2. The molecule has 4 aromatic heterocycles. The summed E-state index contributed by atoms with van der Waals surface area (Å²) in [5.41, 5.74) is 1.31. The zero-order chi connectivity index (χ0) is 26.5. The maximum absolute atomic E-state index is 14.9. The number of carbonyl (C=O) groups is 1. The summed E-state index contributed by atoms with van der Waals surface area (Å²) in [7, 11) is 1.29. The molecule has 4 heterocycles. The first-order valence-corrected chi connectivity index (χ1v) is 16.1. The van der Waals surface area contributed by atoms with Crippen molar-refractivity contribution in [2.24, 2.45) is 0 Å². The van der Waals surface area contributed by atoms with Crippen LogP contribution in [-0.2, 0) is 0 Å². The Kier molecular flexibility index (Phi) is 9.35. The van der Waals surface area contributed by atoms with Crippen LogP contribution in [0, 0.1) is 17.5 Å². The normalized spacial score (nSPS) is 17.2. The molecule has 2 unspecified atom stereocenters. The van der Waals surface area contributed by atoms with Crippen LogP contribution >= 0.6 is 41.7 Å². The average molecular weight is 660 g/mol. The Bertz CT molecular complexity index is 1380. The summed E-state index contributed by atoms with van der Waals surface area (Å²) < 4.78 is 45.2. The van der Waals surface area contributed by atoms with E-state index in [1.54, 1.807) is 21.6 Å². The Labute approximate surface area is 233 Å². The molecular weight excluding hydrogens is 634 g/mol. The molecule has 0 aromatic carbocycles. The van der Waals surface area contributed by atoms with Gasteiger partial charge in [0.15, 0.2) is 23.1 Å². The van der Waals surface area contributed by atoms with Crippen molar-refractivity contribution in [3.8, 4) is 11.3 Å². The van der Waals surface area contributed by atoms with Gasteiger partial charge in [-0.25, -0.2) is 23.1 Å². The zero-order valence-electron chi connectivity index (χ0n) is 20.1. The van der Waals surface area contributed by atoms with Gasteiger partial charge in [-0.15, -0.1) is 0 Å². The van der Waals surface area contributed by atoms with Crippen LogP contribution in [0.15, 0.2) is 41.4 Å². The number of fused-ring (bicyclic) bond motifs is 1. The molecule has 196 valence electrons. The second-order valence-electron chi connectivity index (χ2n) is 8.30. The van der Waals surface area contributed by atoms with Crippen LogP contribution in [0.5, 0.6) is 0 Å². The number of carbonyl (C=O) groups excluding carboxylic acids is 1. The van der Waals surface area contributed by atoms with Crippen molar-refractivity contribution >= 4 is 64.4 Å². The molecule has 1 aliphatic carbocycles. The lowest BCUT2D eigenvalue weighted by atomic mass is 9.90. The van der Waals surface area contributed by atoms with Crippen molar-refractivity contribution in [3.05, 3.63) is 64.4 Å². The van der Waals surface area contributed by atoms with Gasteiger partial charge in [-0.2, -0.15) is 11.3 Å². The summed E-state index contributed by atoms with van der Waals surface area (Å²) in [6, 6.07) is 3.61. The van der Waals surface area contributed by atoms with E-state index in [1.165, 1.54) is 26.5 Å².